The number of nitrogens with one attached hydrogen (secondary N) is 1. The molecule has 2 nitrogen and oxygen atoms in total. The summed E-state index contributed by atoms with van der Waals surface area (Å²) in [5.41, 5.74) is 0.681. The van der Waals surface area contributed by atoms with Crippen LogP contribution in [0.5, 0.6) is 0 Å². The van der Waals surface area contributed by atoms with Crippen LogP contribution >= 0.6 is 0 Å². The van der Waals surface area contributed by atoms with Crippen molar-refractivity contribution in [1.29, 1.82) is 0 Å². The van der Waals surface area contributed by atoms with Gasteiger partial charge >= 0.3 is 0 Å². The van der Waals surface area contributed by atoms with Crippen LogP contribution in [0.4, 0.5) is 4.39 Å². The van der Waals surface area contributed by atoms with Crippen LogP contribution in [0.25, 0.3) is 0 Å². The van der Waals surface area contributed by atoms with Gasteiger partial charge in [-0.25, -0.2) is 4.39 Å². The van der Waals surface area contributed by atoms with Gasteiger partial charge in [0.1, 0.15) is 5.82 Å². The average molecular weight is 221 g/mol. The Hall–Kier alpha value is -0.930. The molecule has 1 saturated carbocycles. The summed E-state index contributed by atoms with van der Waals surface area (Å²) >= 11 is 0. The molecule has 3 heteroatoms. The first kappa shape index (κ1) is 10.2. The van der Waals surface area contributed by atoms with E-state index in [4.69, 9.17) is 4.74 Å². The number of morpholine rings is 1. The van der Waals surface area contributed by atoms with Crippen LogP contribution in [0.15, 0.2) is 24.3 Å². The van der Waals surface area contributed by atoms with Crippen LogP contribution in [-0.4, -0.2) is 19.2 Å². The van der Waals surface area contributed by atoms with Gasteiger partial charge in [0.15, 0.2) is 0 Å². The van der Waals surface area contributed by atoms with Crippen molar-refractivity contribution in [2.24, 2.45) is 5.92 Å². The third kappa shape index (κ3) is 1.97. The third-order valence-corrected chi connectivity index (χ3v) is 3.41. The molecule has 2 atom stereocenters. The molecule has 2 fully saturated rings. The van der Waals surface area contributed by atoms with E-state index in [9.17, 15) is 4.39 Å². The first-order valence-corrected chi connectivity index (χ1v) is 5.95. The van der Waals surface area contributed by atoms with Crippen molar-refractivity contribution in [2.75, 3.05) is 13.1 Å². The van der Waals surface area contributed by atoms with E-state index in [1.54, 1.807) is 6.07 Å². The maximum atomic E-state index is 13.6. The van der Waals surface area contributed by atoms with E-state index in [0.717, 1.165) is 6.54 Å². The normalized spacial score (nSPS) is 30.3. The highest BCUT2D eigenvalue weighted by molar-refractivity contribution is 5.21. The molecule has 1 aliphatic heterocycles. The van der Waals surface area contributed by atoms with E-state index in [-0.39, 0.29) is 18.0 Å². The summed E-state index contributed by atoms with van der Waals surface area (Å²) in [7, 11) is 0. The molecule has 1 aromatic carbocycles. The maximum Gasteiger partial charge on any atom is 0.129 e. The number of rotatable bonds is 2. The number of benzene rings is 1. The van der Waals surface area contributed by atoms with Crippen LogP contribution in [0.3, 0.4) is 0 Å². The molecule has 16 heavy (non-hydrogen) atoms. The summed E-state index contributed by atoms with van der Waals surface area (Å²) in [5, 5.41) is 3.34. The van der Waals surface area contributed by atoms with E-state index in [2.05, 4.69) is 5.32 Å². The molecule has 0 amide bonds. The quantitative estimate of drug-likeness (QED) is 0.827. The van der Waals surface area contributed by atoms with Gasteiger partial charge in [0.2, 0.25) is 0 Å². The zero-order valence-corrected chi connectivity index (χ0v) is 9.16. The molecule has 0 spiro atoms. The second kappa shape index (κ2) is 4.15. The zero-order chi connectivity index (χ0) is 11.0. The molecule has 1 aliphatic carbocycles. The average Bonchev–Trinajstić information content (AvgIpc) is 3.14. The van der Waals surface area contributed by atoms with Gasteiger partial charge in [0, 0.05) is 18.7 Å². The lowest BCUT2D eigenvalue weighted by Gasteiger charge is -2.31. The molecule has 1 heterocycles. The second-order valence-corrected chi connectivity index (χ2v) is 4.68. The Morgan fingerprint density at radius 3 is 2.75 bits per heavy atom. The van der Waals surface area contributed by atoms with Gasteiger partial charge in [-0.15, -0.1) is 0 Å². The van der Waals surface area contributed by atoms with Gasteiger partial charge < -0.3 is 10.1 Å². The molecule has 2 unspecified atom stereocenters. The Morgan fingerprint density at radius 2 is 2.00 bits per heavy atom. The maximum absolute atomic E-state index is 13.6. The highest BCUT2D eigenvalue weighted by atomic mass is 19.1. The summed E-state index contributed by atoms with van der Waals surface area (Å²) in [6, 6.07) is 6.90. The smallest absolute Gasteiger partial charge is 0.129 e. The minimum Gasteiger partial charge on any atom is -0.367 e. The number of halogens is 1. The molecule has 0 aromatic heterocycles. The molecular weight excluding hydrogens is 205 g/mol. The second-order valence-electron chi connectivity index (χ2n) is 4.68. The lowest BCUT2D eigenvalue weighted by Crippen LogP contribution is -2.41. The third-order valence-electron chi connectivity index (χ3n) is 3.41. The molecule has 1 N–H and O–H groups in total. The first-order valence-electron chi connectivity index (χ1n) is 5.95. The minimum absolute atomic E-state index is 0.124. The van der Waals surface area contributed by atoms with Crippen molar-refractivity contribution in [1.82, 2.24) is 5.32 Å². The van der Waals surface area contributed by atoms with E-state index in [1.165, 1.54) is 18.9 Å². The van der Waals surface area contributed by atoms with Gasteiger partial charge in [0.05, 0.1) is 12.2 Å². The first-order chi connectivity index (χ1) is 7.84. The van der Waals surface area contributed by atoms with E-state index in [0.29, 0.717) is 18.0 Å². The lowest BCUT2D eigenvalue weighted by molar-refractivity contribution is -0.0507. The van der Waals surface area contributed by atoms with Crippen LogP contribution in [-0.2, 0) is 4.74 Å². The Bertz CT molecular complexity index is 378. The highest BCUT2D eigenvalue weighted by Gasteiger charge is 2.36. The Balaban J connectivity index is 1.76. The molecule has 3 rings (SSSR count). The Labute approximate surface area is 94.8 Å². The molecule has 0 radical (unpaired) electrons. The van der Waals surface area contributed by atoms with Crippen LogP contribution in [0.1, 0.15) is 24.5 Å². The van der Waals surface area contributed by atoms with Crippen LogP contribution < -0.4 is 5.32 Å². The van der Waals surface area contributed by atoms with Crippen molar-refractivity contribution < 1.29 is 9.13 Å². The van der Waals surface area contributed by atoms with Crippen molar-refractivity contribution in [3.8, 4) is 0 Å². The van der Waals surface area contributed by atoms with Crippen LogP contribution in [0, 0.1) is 11.7 Å². The Kier molecular flexibility index (Phi) is 2.65. The van der Waals surface area contributed by atoms with Crippen molar-refractivity contribution in [3.63, 3.8) is 0 Å². The summed E-state index contributed by atoms with van der Waals surface area (Å²) in [6.07, 6.45) is 2.67. The summed E-state index contributed by atoms with van der Waals surface area (Å²) in [4.78, 5) is 0. The standard InChI is InChI=1S/C13H16FNO/c14-11-4-2-1-3-10(11)13-8-15-7-12(16-13)9-5-6-9/h1-4,9,12-13,15H,5-8H2. The van der Waals surface area contributed by atoms with Crippen molar-refractivity contribution in [2.45, 2.75) is 25.0 Å². The fourth-order valence-electron chi connectivity index (χ4n) is 2.33. The summed E-state index contributed by atoms with van der Waals surface area (Å²) in [6.45, 7) is 1.62. The topological polar surface area (TPSA) is 21.3 Å². The fourth-order valence-corrected chi connectivity index (χ4v) is 2.33. The van der Waals surface area contributed by atoms with E-state index >= 15 is 0 Å². The summed E-state index contributed by atoms with van der Waals surface area (Å²) < 4.78 is 19.6. The molecule has 86 valence electrons. The molecular formula is C13H16FNO. The predicted octanol–water partition coefficient (Wildman–Crippen LogP) is 2.27. The van der Waals surface area contributed by atoms with Crippen molar-refractivity contribution >= 4 is 0 Å². The van der Waals surface area contributed by atoms with Gasteiger partial charge in [-0.1, -0.05) is 18.2 Å². The van der Waals surface area contributed by atoms with Gasteiger partial charge in [-0.2, -0.15) is 0 Å². The number of hydrogen-bond donors (Lipinski definition) is 1. The van der Waals surface area contributed by atoms with Gasteiger partial charge in [-0.05, 0) is 24.8 Å². The fraction of sp³-hybridized carbons (Fsp3) is 0.538. The largest absolute Gasteiger partial charge is 0.367 e. The van der Waals surface area contributed by atoms with Gasteiger partial charge in [0.25, 0.3) is 0 Å². The van der Waals surface area contributed by atoms with E-state index < -0.39 is 0 Å². The number of hydrogen-bond acceptors (Lipinski definition) is 2. The summed E-state index contributed by atoms with van der Waals surface area (Å²) in [5.74, 6) is 0.535. The SMILES string of the molecule is Fc1ccccc1C1CNCC(C2CC2)O1. The van der Waals surface area contributed by atoms with E-state index in [1.807, 2.05) is 12.1 Å². The lowest BCUT2D eigenvalue weighted by atomic mass is 10.1. The molecule has 1 aromatic rings. The molecule has 2 aliphatic rings. The molecule has 0 bridgehead atoms. The van der Waals surface area contributed by atoms with Crippen LogP contribution in [0.2, 0.25) is 0 Å². The van der Waals surface area contributed by atoms with Gasteiger partial charge in [-0.3, -0.25) is 0 Å². The predicted molar refractivity (Wildman–Crippen MR) is 59.6 cm³/mol. The monoisotopic (exact) mass is 221 g/mol. The minimum atomic E-state index is -0.161. The molecule has 1 saturated heterocycles. The van der Waals surface area contributed by atoms with Crippen molar-refractivity contribution in [3.05, 3.63) is 35.6 Å². The highest BCUT2D eigenvalue weighted by Crippen LogP contribution is 2.37. The zero-order valence-electron chi connectivity index (χ0n) is 9.16. The Morgan fingerprint density at radius 1 is 1.19 bits per heavy atom. The number of ether oxygens (including phenoxy) is 1.